The maximum absolute atomic E-state index is 10.2. The highest BCUT2D eigenvalue weighted by molar-refractivity contribution is 7.73. The molecule has 0 rings (SSSR count). The van der Waals surface area contributed by atoms with Crippen LogP contribution in [0, 0.1) is 5.92 Å². The maximum atomic E-state index is 10.2. The SMILES string of the molecule is CC(C)C(C)[SH](=O)=O. The third-order valence-corrected chi connectivity index (χ3v) is 2.56. The minimum atomic E-state index is -2.20. The molecule has 0 heterocycles. The van der Waals surface area contributed by atoms with E-state index >= 15 is 0 Å². The number of hydrogen-bond donors (Lipinski definition) is 1. The molecular formula is C5H12O2S. The molecule has 2 nitrogen and oxygen atoms in total. The van der Waals surface area contributed by atoms with Crippen molar-refractivity contribution in [2.45, 2.75) is 26.0 Å². The fourth-order valence-electron chi connectivity index (χ4n) is 0.243. The number of rotatable bonds is 2. The van der Waals surface area contributed by atoms with Crippen LogP contribution in [0.5, 0.6) is 0 Å². The standard InChI is InChI=1S/C5H12O2S/c1-4(2)5(3)8(6)7/h4-5,8H,1-3H3. The zero-order chi connectivity index (χ0) is 6.73. The predicted octanol–water partition coefficient (Wildman–Crippen LogP) is 0.642. The van der Waals surface area contributed by atoms with Crippen molar-refractivity contribution in [1.29, 1.82) is 0 Å². The Morgan fingerprint density at radius 3 is 1.50 bits per heavy atom. The Morgan fingerprint density at radius 1 is 1.12 bits per heavy atom. The van der Waals surface area contributed by atoms with Crippen LogP contribution in [0.1, 0.15) is 20.8 Å². The molecule has 0 fully saturated rings. The first-order valence-electron chi connectivity index (χ1n) is 2.69. The molecule has 0 saturated carbocycles. The predicted molar refractivity (Wildman–Crippen MR) is 34.6 cm³/mol. The van der Waals surface area contributed by atoms with Gasteiger partial charge in [0.15, 0.2) is 0 Å². The Morgan fingerprint density at radius 2 is 1.50 bits per heavy atom. The van der Waals surface area contributed by atoms with Crippen LogP contribution in [0.4, 0.5) is 0 Å². The molecule has 8 heavy (non-hydrogen) atoms. The Bertz CT molecular complexity index is 118. The molecule has 0 N–H and O–H groups in total. The van der Waals surface area contributed by atoms with Crippen molar-refractivity contribution in [1.82, 2.24) is 0 Å². The van der Waals surface area contributed by atoms with Crippen molar-refractivity contribution >= 4 is 10.7 Å². The molecule has 0 saturated heterocycles. The van der Waals surface area contributed by atoms with Crippen LogP contribution in [-0.2, 0) is 10.7 Å². The molecular weight excluding hydrogens is 124 g/mol. The van der Waals surface area contributed by atoms with Gasteiger partial charge in [-0.15, -0.1) is 0 Å². The van der Waals surface area contributed by atoms with Gasteiger partial charge in [-0.05, 0) is 12.8 Å². The summed E-state index contributed by atoms with van der Waals surface area (Å²) in [5.41, 5.74) is 0. The van der Waals surface area contributed by atoms with E-state index in [0.29, 0.717) is 0 Å². The van der Waals surface area contributed by atoms with Gasteiger partial charge in [0, 0.05) is 0 Å². The first-order chi connectivity index (χ1) is 3.55. The van der Waals surface area contributed by atoms with Crippen molar-refractivity contribution in [2.75, 3.05) is 0 Å². The lowest BCUT2D eigenvalue weighted by Gasteiger charge is -2.04. The molecule has 0 amide bonds. The van der Waals surface area contributed by atoms with E-state index in [4.69, 9.17) is 0 Å². The van der Waals surface area contributed by atoms with E-state index in [2.05, 4.69) is 0 Å². The quantitative estimate of drug-likeness (QED) is 0.565. The van der Waals surface area contributed by atoms with E-state index in [0.717, 1.165) is 0 Å². The van der Waals surface area contributed by atoms with Gasteiger partial charge in [-0.3, -0.25) is 0 Å². The van der Waals surface area contributed by atoms with Gasteiger partial charge in [-0.2, -0.15) is 0 Å². The fraction of sp³-hybridized carbons (Fsp3) is 1.00. The third kappa shape index (κ3) is 2.31. The van der Waals surface area contributed by atoms with Crippen LogP contribution in [0.15, 0.2) is 0 Å². The second kappa shape index (κ2) is 3.07. The number of thiol groups is 1. The summed E-state index contributed by atoms with van der Waals surface area (Å²) >= 11 is 0. The van der Waals surface area contributed by atoms with Crippen molar-refractivity contribution in [3.8, 4) is 0 Å². The van der Waals surface area contributed by atoms with Gasteiger partial charge >= 0.3 is 0 Å². The molecule has 0 aromatic heterocycles. The van der Waals surface area contributed by atoms with Gasteiger partial charge in [-0.1, -0.05) is 13.8 Å². The molecule has 0 aromatic carbocycles. The molecule has 0 spiro atoms. The van der Waals surface area contributed by atoms with Crippen LogP contribution < -0.4 is 0 Å². The van der Waals surface area contributed by atoms with Crippen molar-refractivity contribution in [3.05, 3.63) is 0 Å². The van der Waals surface area contributed by atoms with Crippen LogP contribution in [0.3, 0.4) is 0 Å². The lowest BCUT2D eigenvalue weighted by Crippen LogP contribution is -2.11. The van der Waals surface area contributed by atoms with Crippen LogP contribution in [-0.4, -0.2) is 13.7 Å². The minimum absolute atomic E-state index is 0.176. The lowest BCUT2D eigenvalue weighted by atomic mass is 10.2. The van der Waals surface area contributed by atoms with E-state index in [1.54, 1.807) is 6.92 Å². The highest BCUT2D eigenvalue weighted by Gasteiger charge is 2.07. The van der Waals surface area contributed by atoms with E-state index in [1.165, 1.54) is 0 Å². The molecule has 0 radical (unpaired) electrons. The summed E-state index contributed by atoms with van der Waals surface area (Å²) in [6.45, 7) is 5.52. The Labute approximate surface area is 51.9 Å². The first kappa shape index (κ1) is 7.95. The molecule has 50 valence electrons. The highest BCUT2D eigenvalue weighted by atomic mass is 32.2. The summed E-state index contributed by atoms with van der Waals surface area (Å²) < 4.78 is 20.4. The summed E-state index contributed by atoms with van der Waals surface area (Å²) in [6.07, 6.45) is 0. The van der Waals surface area contributed by atoms with Gasteiger partial charge in [-0.25, -0.2) is 8.42 Å². The average molecular weight is 136 g/mol. The fourth-order valence-corrected chi connectivity index (χ4v) is 0.730. The number of hydrogen-bond acceptors (Lipinski definition) is 2. The zero-order valence-corrected chi connectivity index (χ0v) is 6.31. The Balaban J connectivity index is 3.83. The molecule has 3 heteroatoms. The third-order valence-electron chi connectivity index (χ3n) is 1.30. The molecule has 0 aromatic rings. The summed E-state index contributed by atoms with van der Waals surface area (Å²) in [7, 11) is -2.20. The molecule has 0 aliphatic carbocycles. The molecule has 0 aliphatic rings. The van der Waals surface area contributed by atoms with Gasteiger partial charge < -0.3 is 0 Å². The second-order valence-electron chi connectivity index (χ2n) is 2.27. The summed E-state index contributed by atoms with van der Waals surface area (Å²) in [6, 6.07) is 0. The van der Waals surface area contributed by atoms with Gasteiger partial charge in [0.1, 0.15) is 10.7 Å². The summed E-state index contributed by atoms with van der Waals surface area (Å²) in [5.74, 6) is 0.246. The van der Waals surface area contributed by atoms with Crippen LogP contribution in [0.25, 0.3) is 0 Å². The minimum Gasteiger partial charge on any atom is -0.232 e. The lowest BCUT2D eigenvalue weighted by molar-refractivity contribution is 0.564. The summed E-state index contributed by atoms with van der Waals surface area (Å²) in [4.78, 5) is 0. The van der Waals surface area contributed by atoms with E-state index in [9.17, 15) is 8.42 Å². The van der Waals surface area contributed by atoms with Gasteiger partial charge in [0.2, 0.25) is 0 Å². The molecule has 0 bridgehead atoms. The van der Waals surface area contributed by atoms with Crippen molar-refractivity contribution in [3.63, 3.8) is 0 Å². The van der Waals surface area contributed by atoms with Crippen molar-refractivity contribution < 1.29 is 8.42 Å². The van der Waals surface area contributed by atoms with E-state index in [-0.39, 0.29) is 11.2 Å². The highest BCUT2D eigenvalue weighted by Crippen LogP contribution is 2.02. The Kier molecular flexibility index (Phi) is 3.05. The monoisotopic (exact) mass is 136 g/mol. The van der Waals surface area contributed by atoms with E-state index < -0.39 is 10.7 Å². The smallest absolute Gasteiger partial charge is 0.142 e. The summed E-state index contributed by atoms with van der Waals surface area (Å²) in [5, 5.41) is -0.176. The van der Waals surface area contributed by atoms with Gasteiger partial charge in [0.05, 0.1) is 5.25 Å². The van der Waals surface area contributed by atoms with Crippen LogP contribution in [0.2, 0.25) is 0 Å². The maximum Gasteiger partial charge on any atom is 0.142 e. The van der Waals surface area contributed by atoms with E-state index in [1.807, 2.05) is 13.8 Å². The van der Waals surface area contributed by atoms with Crippen molar-refractivity contribution in [2.24, 2.45) is 5.92 Å². The first-order valence-corrected chi connectivity index (χ1v) is 3.94. The van der Waals surface area contributed by atoms with Crippen LogP contribution >= 0.6 is 0 Å². The zero-order valence-electron chi connectivity index (χ0n) is 5.42. The Hall–Kier alpha value is -0.0500. The second-order valence-corrected chi connectivity index (χ2v) is 3.66. The average Bonchev–Trinajstić information content (AvgIpc) is 1.64. The molecule has 0 aliphatic heterocycles. The molecule has 1 atom stereocenters. The molecule has 1 unspecified atom stereocenters. The normalized spacial score (nSPS) is 15.1. The van der Waals surface area contributed by atoms with Gasteiger partial charge in [0.25, 0.3) is 0 Å². The topological polar surface area (TPSA) is 34.1 Å². The largest absolute Gasteiger partial charge is 0.232 e.